The molecule has 1 heterocycles. The molecular weight excluding hydrogens is 309 g/mol. The molecule has 1 saturated heterocycles. The van der Waals surface area contributed by atoms with Gasteiger partial charge < -0.3 is 10.0 Å². The van der Waals surface area contributed by atoms with E-state index in [0.717, 1.165) is 18.4 Å². The molecule has 2 aromatic rings. The summed E-state index contributed by atoms with van der Waals surface area (Å²) < 4.78 is 13.5. The first-order valence-electron chi connectivity index (χ1n) is 7.92. The molecule has 5 heteroatoms. The van der Waals surface area contributed by atoms with Crippen molar-refractivity contribution >= 4 is 11.9 Å². The monoisotopic (exact) mass is 327 g/mol. The number of carboxylic acid groups (broad SMARTS) is 1. The second kappa shape index (κ2) is 6.83. The molecule has 0 aliphatic carbocycles. The number of rotatable bonds is 4. The Balaban J connectivity index is 1.81. The minimum absolute atomic E-state index is 0.0360. The summed E-state index contributed by atoms with van der Waals surface area (Å²) >= 11 is 0. The number of carbonyl (C=O) groups excluding carboxylic acids is 1. The van der Waals surface area contributed by atoms with E-state index >= 15 is 0 Å². The number of likely N-dealkylation sites (tertiary alicyclic amines) is 1. The Kier molecular flexibility index (Phi) is 4.60. The Morgan fingerprint density at radius 2 is 1.96 bits per heavy atom. The number of halogens is 1. The van der Waals surface area contributed by atoms with Crippen LogP contribution < -0.4 is 0 Å². The van der Waals surface area contributed by atoms with Gasteiger partial charge in [0.2, 0.25) is 5.91 Å². The number of nitrogens with zero attached hydrogens (tertiary/aromatic N) is 1. The lowest BCUT2D eigenvalue weighted by Gasteiger charge is -2.25. The summed E-state index contributed by atoms with van der Waals surface area (Å²) in [6.45, 7) is 0.606. The predicted octanol–water partition coefficient (Wildman–Crippen LogP) is 3.43. The highest BCUT2D eigenvalue weighted by Crippen LogP contribution is 2.32. The van der Waals surface area contributed by atoms with Crippen molar-refractivity contribution in [3.05, 3.63) is 71.0 Å². The molecule has 1 amide bonds. The highest BCUT2D eigenvalue weighted by Gasteiger charge is 2.30. The number of carboxylic acids is 1. The molecule has 1 fully saturated rings. The van der Waals surface area contributed by atoms with Crippen molar-refractivity contribution in [3.8, 4) is 0 Å². The molecule has 0 spiro atoms. The molecule has 0 aromatic heterocycles. The molecule has 0 bridgehead atoms. The molecule has 3 rings (SSSR count). The summed E-state index contributed by atoms with van der Waals surface area (Å²) in [5.41, 5.74) is 1.43. The zero-order chi connectivity index (χ0) is 17.1. The van der Waals surface area contributed by atoms with Crippen molar-refractivity contribution < 1.29 is 19.1 Å². The van der Waals surface area contributed by atoms with Crippen LogP contribution in [-0.2, 0) is 11.2 Å². The van der Waals surface area contributed by atoms with Crippen LogP contribution in [0.2, 0.25) is 0 Å². The largest absolute Gasteiger partial charge is 0.478 e. The summed E-state index contributed by atoms with van der Waals surface area (Å²) in [6.07, 6.45) is 1.68. The zero-order valence-corrected chi connectivity index (χ0v) is 13.1. The van der Waals surface area contributed by atoms with Gasteiger partial charge in [0.15, 0.2) is 0 Å². The average Bonchev–Trinajstić information content (AvgIpc) is 3.05. The van der Waals surface area contributed by atoms with Gasteiger partial charge in [-0.15, -0.1) is 0 Å². The number of benzene rings is 2. The SMILES string of the molecule is O=C(O)c1ccccc1CC(=O)N1CCCC1c1cccc(F)c1. The number of aromatic carboxylic acids is 1. The molecule has 1 N–H and O–H groups in total. The lowest BCUT2D eigenvalue weighted by Crippen LogP contribution is -2.32. The van der Waals surface area contributed by atoms with Gasteiger partial charge in [-0.2, -0.15) is 0 Å². The molecule has 1 atom stereocenters. The van der Waals surface area contributed by atoms with Crippen molar-refractivity contribution in [2.75, 3.05) is 6.54 Å². The minimum Gasteiger partial charge on any atom is -0.478 e. The molecule has 4 nitrogen and oxygen atoms in total. The van der Waals surface area contributed by atoms with Crippen LogP contribution in [0.15, 0.2) is 48.5 Å². The van der Waals surface area contributed by atoms with Crippen molar-refractivity contribution in [2.24, 2.45) is 0 Å². The number of amides is 1. The van der Waals surface area contributed by atoms with E-state index in [9.17, 15) is 19.1 Å². The Bertz CT molecular complexity index is 775. The second-order valence-electron chi connectivity index (χ2n) is 5.94. The summed E-state index contributed by atoms with van der Waals surface area (Å²) in [7, 11) is 0. The smallest absolute Gasteiger partial charge is 0.335 e. The third kappa shape index (κ3) is 3.30. The fourth-order valence-electron chi connectivity index (χ4n) is 3.27. The fraction of sp³-hybridized carbons (Fsp3) is 0.263. The van der Waals surface area contributed by atoms with Gasteiger partial charge in [-0.25, -0.2) is 9.18 Å². The van der Waals surface area contributed by atoms with E-state index in [-0.39, 0.29) is 29.8 Å². The maximum absolute atomic E-state index is 13.5. The summed E-state index contributed by atoms with van der Waals surface area (Å²) in [6, 6.07) is 12.7. The third-order valence-electron chi connectivity index (χ3n) is 4.40. The van der Waals surface area contributed by atoms with E-state index in [0.29, 0.717) is 12.1 Å². The average molecular weight is 327 g/mol. The molecule has 1 aliphatic rings. The first-order chi connectivity index (χ1) is 11.6. The molecule has 24 heavy (non-hydrogen) atoms. The molecule has 124 valence electrons. The normalized spacial score (nSPS) is 17.0. The van der Waals surface area contributed by atoms with Gasteiger partial charge >= 0.3 is 5.97 Å². The maximum atomic E-state index is 13.5. The molecule has 2 aromatic carbocycles. The van der Waals surface area contributed by atoms with Gasteiger partial charge in [-0.05, 0) is 42.2 Å². The fourth-order valence-corrected chi connectivity index (χ4v) is 3.27. The van der Waals surface area contributed by atoms with Gasteiger partial charge in [0.1, 0.15) is 5.82 Å². The van der Waals surface area contributed by atoms with E-state index < -0.39 is 5.97 Å². The van der Waals surface area contributed by atoms with Crippen LogP contribution in [0.5, 0.6) is 0 Å². The second-order valence-corrected chi connectivity index (χ2v) is 5.94. The van der Waals surface area contributed by atoms with Crippen molar-refractivity contribution in [2.45, 2.75) is 25.3 Å². The van der Waals surface area contributed by atoms with E-state index in [1.807, 2.05) is 6.07 Å². The molecule has 0 radical (unpaired) electrons. The summed E-state index contributed by atoms with van der Waals surface area (Å²) in [5, 5.41) is 9.24. The summed E-state index contributed by atoms with van der Waals surface area (Å²) in [4.78, 5) is 25.7. The van der Waals surface area contributed by atoms with Crippen LogP contribution in [0, 0.1) is 5.82 Å². The van der Waals surface area contributed by atoms with Crippen molar-refractivity contribution in [3.63, 3.8) is 0 Å². The number of hydrogen-bond acceptors (Lipinski definition) is 2. The van der Waals surface area contributed by atoms with E-state index in [1.54, 1.807) is 29.2 Å². The first kappa shape index (κ1) is 16.2. The van der Waals surface area contributed by atoms with Gasteiger partial charge in [0, 0.05) is 6.54 Å². The van der Waals surface area contributed by atoms with Gasteiger partial charge in [0.05, 0.1) is 18.0 Å². The van der Waals surface area contributed by atoms with Gasteiger partial charge in [-0.1, -0.05) is 30.3 Å². The van der Waals surface area contributed by atoms with Gasteiger partial charge in [-0.3, -0.25) is 4.79 Å². The van der Waals surface area contributed by atoms with E-state index in [1.165, 1.54) is 18.2 Å². The van der Waals surface area contributed by atoms with Crippen molar-refractivity contribution in [1.82, 2.24) is 4.90 Å². The number of carbonyl (C=O) groups is 2. The van der Waals surface area contributed by atoms with Crippen LogP contribution in [0.25, 0.3) is 0 Å². The molecule has 1 aliphatic heterocycles. The van der Waals surface area contributed by atoms with E-state index in [2.05, 4.69) is 0 Å². The number of hydrogen-bond donors (Lipinski definition) is 1. The van der Waals surface area contributed by atoms with Crippen LogP contribution in [0.1, 0.15) is 40.4 Å². The van der Waals surface area contributed by atoms with Crippen LogP contribution in [-0.4, -0.2) is 28.4 Å². The topological polar surface area (TPSA) is 57.6 Å². The Labute approximate surface area is 139 Å². The van der Waals surface area contributed by atoms with Gasteiger partial charge in [0.25, 0.3) is 0 Å². The molecular formula is C19H18FNO3. The molecule has 1 unspecified atom stereocenters. The maximum Gasteiger partial charge on any atom is 0.335 e. The lowest BCUT2D eigenvalue weighted by atomic mass is 10.0. The summed E-state index contributed by atoms with van der Waals surface area (Å²) in [5.74, 6) is -1.49. The highest BCUT2D eigenvalue weighted by molar-refractivity contribution is 5.91. The van der Waals surface area contributed by atoms with Crippen LogP contribution >= 0.6 is 0 Å². The third-order valence-corrected chi connectivity index (χ3v) is 4.40. The predicted molar refractivity (Wildman–Crippen MR) is 87.2 cm³/mol. The molecule has 0 saturated carbocycles. The Morgan fingerprint density at radius 3 is 2.71 bits per heavy atom. The quantitative estimate of drug-likeness (QED) is 0.936. The zero-order valence-electron chi connectivity index (χ0n) is 13.1. The first-order valence-corrected chi connectivity index (χ1v) is 7.92. The Morgan fingerprint density at radius 1 is 1.17 bits per heavy atom. The lowest BCUT2D eigenvalue weighted by molar-refractivity contribution is -0.131. The van der Waals surface area contributed by atoms with Crippen molar-refractivity contribution in [1.29, 1.82) is 0 Å². The van der Waals surface area contributed by atoms with E-state index in [4.69, 9.17) is 0 Å². The standard InChI is InChI=1S/C19H18FNO3/c20-15-7-3-6-14(11-15)17-9-4-10-21(17)18(22)12-13-5-1-2-8-16(13)19(23)24/h1-3,5-8,11,17H,4,9-10,12H2,(H,23,24). The van der Waals surface area contributed by atoms with Crippen LogP contribution in [0.3, 0.4) is 0 Å². The minimum atomic E-state index is -1.04. The Hall–Kier alpha value is -2.69. The highest BCUT2D eigenvalue weighted by atomic mass is 19.1. The van der Waals surface area contributed by atoms with Crippen LogP contribution in [0.4, 0.5) is 4.39 Å².